The van der Waals surface area contributed by atoms with Crippen LogP contribution in [0.15, 0.2) is 17.5 Å². The van der Waals surface area contributed by atoms with Crippen molar-refractivity contribution in [2.75, 3.05) is 6.54 Å². The van der Waals surface area contributed by atoms with E-state index in [-0.39, 0.29) is 11.9 Å². The summed E-state index contributed by atoms with van der Waals surface area (Å²) in [6.45, 7) is 3.46. The highest BCUT2D eigenvalue weighted by molar-refractivity contribution is 7.09. The van der Waals surface area contributed by atoms with Crippen molar-refractivity contribution < 1.29 is 4.79 Å². The summed E-state index contributed by atoms with van der Waals surface area (Å²) in [6, 6.07) is 3.78. The molecule has 0 aliphatic heterocycles. The maximum absolute atomic E-state index is 12.5. The van der Waals surface area contributed by atoms with E-state index in [0.29, 0.717) is 12.5 Å². The van der Waals surface area contributed by atoms with Crippen LogP contribution in [0.4, 0.5) is 0 Å². The predicted molar refractivity (Wildman–Crippen MR) is 84.6 cm³/mol. The number of hydrogen-bond donors (Lipinski definition) is 1. The normalized spacial score (nSPS) is 17.9. The first-order valence-electron chi connectivity index (χ1n) is 7.77. The SMILES string of the molecule is CCN(Cc1cccs1)C(=O)C(N)CC1CCCCC1. The van der Waals surface area contributed by atoms with Crippen LogP contribution in [0.3, 0.4) is 0 Å². The highest BCUT2D eigenvalue weighted by Crippen LogP contribution is 2.27. The van der Waals surface area contributed by atoms with Gasteiger partial charge in [0.15, 0.2) is 0 Å². The van der Waals surface area contributed by atoms with Gasteiger partial charge in [0.2, 0.25) is 5.91 Å². The van der Waals surface area contributed by atoms with Gasteiger partial charge in [0.25, 0.3) is 0 Å². The Morgan fingerprint density at radius 2 is 2.20 bits per heavy atom. The van der Waals surface area contributed by atoms with Gasteiger partial charge >= 0.3 is 0 Å². The van der Waals surface area contributed by atoms with Gasteiger partial charge in [-0.3, -0.25) is 4.79 Å². The molecule has 1 aliphatic carbocycles. The van der Waals surface area contributed by atoms with Crippen LogP contribution in [0.2, 0.25) is 0 Å². The molecular weight excluding hydrogens is 268 g/mol. The summed E-state index contributed by atoms with van der Waals surface area (Å²) < 4.78 is 0. The number of carbonyl (C=O) groups excluding carboxylic acids is 1. The lowest BCUT2D eigenvalue weighted by Crippen LogP contribution is -2.44. The molecular formula is C16H26N2OS. The molecule has 2 rings (SSSR count). The molecule has 1 atom stereocenters. The largest absolute Gasteiger partial charge is 0.336 e. The Morgan fingerprint density at radius 3 is 2.80 bits per heavy atom. The summed E-state index contributed by atoms with van der Waals surface area (Å²) in [5, 5.41) is 2.05. The molecule has 112 valence electrons. The minimum absolute atomic E-state index is 0.117. The molecule has 20 heavy (non-hydrogen) atoms. The Labute approximate surface area is 126 Å². The van der Waals surface area contributed by atoms with Gasteiger partial charge < -0.3 is 10.6 Å². The fourth-order valence-electron chi connectivity index (χ4n) is 3.05. The van der Waals surface area contributed by atoms with Crippen molar-refractivity contribution in [1.82, 2.24) is 4.90 Å². The van der Waals surface area contributed by atoms with Gasteiger partial charge in [-0.05, 0) is 30.7 Å². The van der Waals surface area contributed by atoms with E-state index in [1.165, 1.54) is 37.0 Å². The number of nitrogens with two attached hydrogens (primary N) is 1. The second-order valence-corrected chi connectivity index (χ2v) is 6.81. The van der Waals surface area contributed by atoms with Crippen LogP contribution in [0.5, 0.6) is 0 Å². The summed E-state index contributed by atoms with van der Waals surface area (Å²) in [4.78, 5) is 15.6. The van der Waals surface area contributed by atoms with Crippen LogP contribution < -0.4 is 5.73 Å². The first-order chi connectivity index (χ1) is 9.70. The van der Waals surface area contributed by atoms with Crippen molar-refractivity contribution in [3.05, 3.63) is 22.4 Å². The quantitative estimate of drug-likeness (QED) is 0.874. The van der Waals surface area contributed by atoms with Crippen LogP contribution in [0, 0.1) is 5.92 Å². The molecule has 0 aromatic carbocycles. The molecule has 1 unspecified atom stereocenters. The van der Waals surface area contributed by atoms with Gasteiger partial charge in [-0.2, -0.15) is 0 Å². The third-order valence-corrected chi connectivity index (χ3v) is 5.11. The Bertz CT molecular complexity index is 399. The van der Waals surface area contributed by atoms with Gasteiger partial charge in [0.1, 0.15) is 0 Å². The average molecular weight is 294 g/mol. The summed E-state index contributed by atoms with van der Waals surface area (Å²) in [7, 11) is 0. The maximum Gasteiger partial charge on any atom is 0.239 e. The molecule has 1 heterocycles. The highest BCUT2D eigenvalue weighted by atomic mass is 32.1. The third-order valence-electron chi connectivity index (χ3n) is 4.25. The lowest BCUT2D eigenvalue weighted by Gasteiger charge is -2.28. The molecule has 0 radical (unpaired) electrons. The molecule has 0 saturated heterocycles. The molecule has 0 spiro atoms. The number of carbonyl (C=O) groups is 1. The van der Waals surface area contributed by atoms with Crippen LogP contribution >= 0.6 is 11.3 Å². The summed E-state index contributed by atoms with van der Waals surface area (Å²) >= 11 is 1.70. The van der Waals surface area contributed by atoms with E-state index < -0.39 is 0 Å². The molecule has 0 bridgehead atoms. The van der Waals surface area contributed by atoms with Gasteiger partial charge in [-0.1, -0.05) is 38.2 Å². The lowest BCUT2D eigenvalue weighted by molar-refractivity contribution is -0.133. The number of hydrogen-bond acceptors (Lipinski definition) is 3. The van der Waals surface area contributed by atoms with E-state index in [4.69, 9.17) is 5.73 Å². The second kappa shape index (κ2) is 7.79. The van der Waals surface area contributed by atoms with E-state index in [2.05, 4.69) is 11.4 Å². The zero-order valence-corrected chi connectivity index (χ0v) is 13.2. The van der Waals surface area contributed by atoms with E-state index in [0.717, 1.165) is 13.0 Å². The second-order valence-electron chi connectivity index (χ2n) is 5.78. The fourth-order valence-corrected chi connectivity index (χ4v) is 3.77. The van der Waals surface area contributed by atoms with E-state index in [9.17, 15) is 4.79 Å². The Balaban J connectivity index is 1.86. The molecule has 1 fully saturated rings. The van der Waals surface area contributed by atoms with E-state index >= 15 is 0 Å². The number of thiophene rings is 1. The van der Waals surface area contributed by atoms with Gasteiger partial charge in [-0.25, -0.2) is 0 Å². The van der Waals surface area contributed by atoms with Crippen molar-refractivity contribution in [2.45, 2.75) is 58.0 Å². The average Bonchev–Trinajstić information content (AvgIpc) is 2.98. The minimum atomic E-state index is -0.321. The number of likely N-dealkylation sites (N-methyl/N-ethyl adjacent to an activating group) is 1. The molecule has 1 aliphatic rings. The first kappa shape index (κ1) is 15.5. The number of nitrogens with zero attached hydrogens (tertiary/aromatic N) is 1. The smallest absolute Gasteiger partial charge is 0.239 e. The summed E-state index contributed by atoms with van der Waals surface area (Å²) in [6.07, 6.45) is 7.31. The van der Waals surface area contributed by atoms with Crippen LogP contribution in [0.25, 0.3) is 0 Å². The summed E-state index contributed by atoms with van der Waals surface area (Å²) in [5.74, 6) is 0.773. The fraction of sp³-hybridized carbons (Fsp3) is 0.688. The number of amides is 1. The maximum atomic E-state index is 12.5. The molecule has 1 aromatic rings. The Kier molecular flexibility index (Phi) is 6.05. The van der Waals surface area contributed by atoms with Crippen LogP contribution in [0.1, 0.15) is 50.3 Å². The molecule has 1 saturated carbocycles. The standard InChI is InChI=1S/C16H26N2OS/c1-2-18(12-14-9-6-10-20-14)16(19)15(17)11-13-7-4-3-5-8-13/h6,9-10,13,15H,2-5,7-8,11-12,17H2,1H3. The van der Waals surface area contributed by atoms with E-state index in [1.54, 1.807) is 11.3 Å². The monoisotopic (exact) mass is 294 g/mol. The van der Waals surface area contributed by atoms with Crippen molar-refractivity contribution in [3.63, 3.8) is 0 Å². The molecule has 2 N–H and O–H groups in total. The lowest BCUT2D eigenvalue weighted by atomic mass is 9.85. The molecule has 1 amide bonds. The topological polar surface area (TPSA) is 46.3 Å². The minimum Gasteiger partial charge on any atom is -0.336 e. The zero-order valence-electron chi connectivity index (χ0n) is 12.4. The van der Waals surface area contributed by atoms with Crippen LogP contribution in [-0.2, 0) is 11.3 Å². The number of rotatable bonds is 6. The van der Waals surface area contributed by atoms with Crippen molar-refractivity contribution in [3.8, 4) is 0 Å². The van der Waals surface area contributed by atoms with Crippen molar-refractivity contribution in [2.24, 2.45) is 11.7 Å². The highest BCUT2D eigenvalue weighted by Gasteiger charge is 2.24. The Morgan fingerprint density at radius 1 is 1.45 bits per heavy atom. The van der Waals surface area contributed by atoms with E-state index in [1.807, 2.05) is 17.9 Å². The zero-order chi connectivity index (χ0) is 14.4. The van der Waals surface area contributed by atoms with Gasteiger partial charge in [0.05, 0.1) is 12.6 Å². The predicted octanol–water partition coefficient (Wildman–Crippen LogP) is 3.39. The van der Waals surface area contributed by atoms with Gasteiger partial charge in [-0.15, -0.1) is 11.3 Å². The summed E-state index contributed by atoms with van der Waals surface area (Å²) in [5.41, 5.74) is 6.17. The molecule has 1 aromatic heterocycles. The Hall–Kier alpha value is -0.870. The first-order valence-corrected chi connectivity index (χ1v) is 8.65. The van der Waals surface area contributed by atoms with Crippen molar-refractivity contribution in [1.29, 1.82) is 0 Å². The third kappa shape index (κ3) is 4.32. The molecule has 4 heteroatoms. The van der Waals surface area contributed by atoms with Gasteiger partial charge in [0, 0.05) is 11.4 Å². The van der Waals surface area contributed by atoms with Crippen LogP contribution in [-0.4, -0.2) is 23.4 Å². The van der Waals surface area contributed by atoms with Crippen molar-refractivity contribution >= 4 is 17.2 Å². The molecule has 3 nitrogen and oxygen atoms in total.